The molecule has 1 aliphatic carbocycles. The Morgan fingerprint density at radius 1 is 1.15 bits per heavy atom. The molecule has 4 aromatic rings. The van der Waals surface area contributed by atoms with Gasteiger partial charge in [0.15, 0.2) is 11.6 Å². The molecule has 0 amide bonds. The SMILES string of the molecule is CCOc1cnc2c(-c3nc4cc(F)c(O[C@@H]5CCCC(F)(F)C5)cc4s3)cc(C)cc2n1. The molecule has 5 rings (SSSR count). The Labute approximate surface area is 192 Å². The number of thiazole rings is 1. The van der Waals surface area contributed by atoms with Gasteiger partial charge in [-0.3, -0.25) is 0 Å². The molecule has 2 aromatic carbocycles. The summed E-state index contributed by atoms with van der Waals surface area (Å²) in [6.07, 6.45) is 1.17. The first-order valence-electron chi connectivity index (χ1n) is 10.9. The summed E-state index contributed by atoms with van der Waals surface area (Å²) >= 11 is 1.37. The predicted octanol–water partition coefficient (Wildman–Crippen LogP) is 6.71. The molecule has 0 saturated heterocycles. The zero-order chi connectivity index (χ0) is 23.2. The van der Waals surface area contributed by atoms with Gasteiger partial charge in [0.2, 0.25) is 5.88 Å². The average Bonchev–Trinajstić information content (AvgIpc) is 3.15. The number of alkyl halides is 2. The minimum atomic E-state index is -2.77. The molecule has 2 aromatic heterocycles. The Morgan fingerprint density at radius 2 is 2.00 bits per heavy atom. The number of ether oxygens (including phenoxy) is 2. The summed E-state index contributed by atoms with van der Waals surface area (Å²) < 4.78 is 54.0. The van der Waals surface area contributed by atoms with Crippen molar-refractivity contribution >= 4 is 32.6 Å². The minimum Gasteiger partial charge on any atom is -0.487 e. The number of fused-ring (bicyclic) bond motifs is 2. The third kappa shape index (κ3) is 4.46. The molecule has 0 radical (unpaired) electrons. The topological polar surface area (TPSA) is 57.1 Å². The number of aryl methyl sites for hydroxylation is 1. The number of nitrogens with zero attached hydrogens (tertiary/aromatic N) is 3. The van der Waals surface area contributed by atoms with Gasteiger partial charge in [-0.2, -0.15) is 0 Å². The maximum Gasteiger partial charge on any atom is 0.251 e. The monoisotopic (exact) mass is 473 g/mol. The smallest absolute Gasteiger partial charge is 0.251 e. The van der Waals surface area contributed by atoms with Crippen molar-refractivity contribution in [2.24, 2.45) is 0 Å². The molecule has 0 spiro atoms. The standard InChI is InChI=1S/C24H22F3N3O2S/c1-3-31-21-12-28-22-15(7-13(2)8-18(22)29-21)23-30-17-9-16(25)19(10-20(17)33-23)32-14-5-4-6-24(26,27)11-14/h7-10,12,14H,3-6,11H2,1-2H3/t14-/m1/s1. The van der Waals surface area contributed by atoms with Gasteiger partial charge in [0.25, 0.3) is 5.92 Å². The highest BCUT2D eigenvalue weighted by Crippen LogP contribution is 2.39. The van der Waals surface area contributed by atoms with E-state index >= 15 is 0 Å². The minimum absolute atomic E-state index is 0.0179. The first-order valence-corrected chi connectivity index (χ1v) is 11.7. The Morgan fingerprint density at radius 3 is 2.79 bits per heavy atom. The second kappa shape index (κ2) is 8.44. The van der Waals surface area contributed by atoms with Gasteiger partial charge in [-0.05, 0) is 44.4 Å². The molecular formula is C24H22F3N3O2S. The summed E-state index contributed by atoms with van der Waals surface area (Å²) in [5, 5.41) is 0.665. The highest BCUT2D eigenvalue weighted by atomic mass is 32.1. The fourth-order valence-electron chi connectivity index (χ4n) is 4.17. The summed E-state index contributed by atoms with van der Waals surface area (Å²) in [5.74, 6) is -2.95. The van der Waals surface area contributed by atoms with E-state index < -0.39 is 24.3 Å². The van der Waals surface area contributed by atoms with Gasteiger partial charge in [-0.25, -0.2) is 28.1 Å². The van der Waals surface area contributed by atoms with Crippen LogP contribution in [0.2, 0.25) is 0 Å². The van der Waals surface area contributed by atoms with Gasteiger partial charge in [0.1, 0.15) is 11.1 Å². The fraction of sp³-hybridized carbons (Fsp3) is 0.375. The number of aromatic nitrogens is 3. The largest absolute Gasteiger partial charge is 0.487 e. The molecule has 2 heterocycles. The van der Waals surface area contributed by atoms with Crippen LogP contribution >= 0.6 is 11.3 Å². The Bertz CT molecular complexity index is 1340. The van der Waals surface area contributed by atoms with Crippen LogP contribution in [0.5, 0.6) is 11.6 Å². The van der Waals surface area contributed by atoms with Crippen molar-refractivity contribution in [1.29, 1.82) is 0 Å². The number of halogens is 3. The maximum atomic E-state index is 14.7. The van der Waals surface area contributed by atoms with Crippen molar-refractivity contribution in [3.8, 4) is 22.2 Å². The van der Waals surface area contributed by atoms with Gasteiger partial charge >= 0.3 is 0 Å². The predicted molar refractivity (Wildman–Crippen MR) is 122 cm³/mol. The molecule has 1 saturated carbocycles. The third-order valence-electron chi connectivity index (χ3n) is 5.62. The van der Waals surface area contributed by atoms with Crippen molar-refractivity contribution in [3.05, 3.63) is 41.8 Å². The van der Waals surface area contributed by atoms with E-state index in [-0.39, 0.29) is 12.2 Å². The highest BCUT2D eigenvalue weighted by molar-refractivity contribution is 7.21. The maximum absolute atomic E-state index is 14.7. The van der Waals surface area contributed by atoms with Crippen LogP contribution in [-0.2, 0) is 0 Å². The second-order valence-electron chi connectivity index (χ2n) is 8.28. The van der Waals surface area contributed by atoms with Crippen molar-refractivity contribution in [3.63, 3.8) is 0 Å². The first-order chi connectivity index (χ1) is 15.8. The molecule has 1 atom stereocenters. The lowest BCUT2D eigenvalue weighted by molar-refractivity contribution is -0.0701. The lowest BCUT2D eigenvalue weighted by Crippen LogP contribution is -2.33. The Hall–Kier alpha value is -2.94. The van der Waals surface area contributed by atoms with Crippen LogP contribution in [0.15, 0.2) is 30.5 Å². The summed E-state index contributed by atoms with van der Waals surface area (Å²) in [7, 11) is 0. The zero-order valence-corrected chi connectivity index (χ0v) is 19.0. The number of hydrogen-bond acceptors (Lipinski definition) is 6. The number of rotatable bonds is 5. The lowest BCUT2D eigenvalue weighted by Gasteiger charge is -2.29. The molecule has 0 N–H and O–H groups in total. The Kier molecular flexibility index (Phi) is 5.60. The zero-order valence-electron chi connectivity index (χ0n) is 18.2. The third-order valence-corrected chi connectivity index (χ3v) is 6.67. The van der Waals surface area contributed by atoms with Crippen molar-refractivity contribution in [2.75, 3.05) is 6.61 Å². The fourth-order valence-corrected chi connectivity index (χ4v) is 5.16. The van der Waals surface area contributed by atoms with E-state index in [2.05, 4.69) is 15.0 Å². The van der Waals surface area contributed by atoms with Crippen LogP contribution in [0, 0.1) is 12.7 Å². The molecule has 9 heteroatoms. The van der Waals surface area contributed by atoms with Gasteiger partial charge in [0, 0.05) is 30.5 Å². The van der Waals surface area contributed by atoms with E-state index in [4.69, 9.17) is 9.47 Å². The van der Waals surface area contributed by atoms with Gasteiger partial charge in [-0.15, -0.1) is 11.3 Å². The second-order valence-corrected chi connectivity index (χ2v) is 9.31. The molecule has 0 aliphatic heterocycles. The van der Waals surface area contributed by atoms with E-state index in [1.165, 1.54) is 17.4 Å². The normalized spacial score (nSPS) is 18.0. The number of hydrogen-bond donors (Lipinski definition) is 0. The van der Waals surface area contributed by atoms with Crippen molar-refractivity contribution < 1.29 is 22.6 Å². The van der Waals surface area contributed by atoms with Crippen LogP contribution < -0.4 is 9.47 Å². The van der Waals surface area contributed by atoms with Gasteiger partial charge in [-0.1, -0.05) is 0 Å². The van der Waals surface area contributed by atoms with E-state index in [9.17, 15) is 13.2 Å². The summed E-state index contributed by atoms with van der Waals surface area (Å²) in [6, 6.07) is 6.73. The molecule has 1 aliphatic rings. The van der Waals surface area contributed by atoms with Crippen LogP contribution in [0.3, 0.4) is 0 Å². The molecule has 172 valence electrons. The van der Waals surface area contributed by atoms with Crippen LogP contribution in [0.25, 0.3) is 31.8 Å². The molecular weight excluding hydrogens is 451 g/mol. The molecule has 1 fully saturated rings. The van der Waals surface area contributed by atoms with Crippen LogP contribution in [0.1, 0.15) is 38.2 Å². The molecule has 0 bridgehead atoms. The molecule has 5 nitrogen and oxygen atoms in total. The van der Waals surface area contributed by atoms with Gasteiger partial charge in [0.05, 0.1) is 34.1 Å². The average molecular weight is 474 g/mol. The van der Waals surface area contributed by atoms with Crippen LogP contribution in [0.4, 0.5) is 13.2 Å². The van der Waals surface area contributed by atoms with Crippen LogP contribution in [-0.4, -0.2) is 33.6 Å². The summed E-state index contributed by atoms with van der Waals surface area (Å²) in [5.41, 5.74) is 3.60. The first kappa shape index (κ1) is 21.9. The Balaban J connectivity index is 1.52. The summed E-state index contributed by atoms with van der Waals surface area (Å²) in [4.78, 5) is 13.7. The molecule has 0 unspecified atom stereocenters. The van der Waals surface area contributed by atoms with E-state index in [0.717, 1.165) is 11.1 Å². The van der Waals surface area contributed by atoms with E-state index in [1.807, 2.05) is 26.0 Å². The van der Waals surface area contributed by atoms with Gasteiger partial charge < -0.3 is 9.47 Å². The highest BCUT2D eigenvalue weighted by Gasteiger charge is 2.37. The quantitative estimate of drug-likeness (QED) is 0.322. The van der Waals surface area contributed by atoms with Crippen molar-refractivity contribution in [1.82, 2.24) is 15.0 Å². The van der Waals surface area contributed by atoms with E-state index in [1.54, 1.807) is 12.3 Å². The number of benzene rings is 2. The molecule has 33 heavy (non-hydrogen) atoms. The lowest BCUT2D eigenvalue weighted by atomic mass is 9.94. The van der Waals surface area contributed by atoms with Crippen molar-refractivity contribution in [2.45, 2.75) is 51.6 Å². The summed E-state index contributed by atoms with van der Waals surface area (Å²) in [6.45, 7) is 4.33. The van der Waals surface area contributed by atoms with E-state index in [0.29, 0.717) is 51.6 Å².